The first kappa shape index (κ1) is 27.0. The minimum atomic E-state index is 0.607. The maximum absolute atomic E-state index is 6.22. The van der Waals surface area contributed by atoms with Gasteiger partial charge in [0.1, 0.15) is 11.2 Å². The number of aromatic nitrogens is 3. The summed E-state index contributed by atoms with van der Waals surface area (Å²) in [6.45, 7) is 0. The highest BCUT2D eigenvalue weighted by atomic mass is 16.3. The Labute approximate surface area is 271 Å². The van der Waals surface area contributed by atoms with Gasteiger partial charge in [-0.15, -0.1) is 0 Å². The molecule has 0 saturated heterocycles. The second-order valence-corrected chi connectivity index (χ2v) is 11.6. The summed E-state index contributed by atoms with van der Waals surface area (Å²) in [5.41, 5.74) is 9.13. The fraction of sp³-hybridized carbons (Fsp3) is 0. The number of hydrogen-bond donors (Lipinski definition) is 0. The predicted octanol–water partition coefficient (Wildman–Crippen LogP) is 11.3. The number of rotatable bonds is 5. The fourth-order valence-corrected chi connectivity index (χ4v) is 6.43. The number of hydrogen-bond acceptors (Lipinski definition) is 4. The third kappa shape index (κ3) is 4.84. The Bertz CT molecular complexity index is 2550. The smallest absolute Gasteiger partial charge is 0.164 e. The van der Waals surface area contributed by atoms with E-state index in [0.29, 0.717) is 17.5 Å². The topological polar surface area (TPSA) is 51.8 Å². The lowest BCUT2D eigenvalue weighted by molar-refractivity contribution is 0.669. The minimum absolute atomic E-state index is 0.607. The summed E-state index contributed by atoms with van der Waals surface area (Å²) in [7, 11) is 0. The Morgan fingerprint density at radius 3 is 1.68 bits per heavy atom. The number of fused-ring (bicyclic) bond motifs is 4. The highest BCUT2D eigenvalue weighted by Crippen LogP contribution is 2.38. The SMILES string of the molecule is c1ccc(-c2ccc(-c3ccc4cccc(-c5nc(-c6ccccc6)nc(-c6cccc7oc8ccccc8c67)n5)c4c3)cc2)cc1. The van der Waals surface area contributed by atoms with Crippen molar-refractivity contribution in [2.24, 2.45) is 0 Å². The van der Waals surface area contributed by atoms with Crippen molar-refractivity contribution in [3.8, 4) is 56.4 Å². The molecule has 0 fully saturated rings. The average molecular weight is 602 g/mol. The summed E-state index contributed by atoms with van der Waals surface area (Å²) in [4.78, 5) is 15.3. The highest BCUT2D eigenvalue weighted by Gasteiger charge is 2.18. The van der Waals surface area contributed by atoms with Crippen LogP contribution in [0.2, 0.25) is 0 Å². The van der Waals surface area contributed by atoms with Crippen molar-refractivity contribution in [1.82, 2.24) is 15.0 Å². The van der Waals surface area contributed by atoms with Gasteiger partial charge in [-0.25, -0.2) is 15.0 Å². The first-order valence-electron chi connectivity index (χ1n) is 15.7. The summed E-state index contributed by atoms with van der Waals surface area (Å²) in [5, 5.41) is 4.24. The molecule has 4 heteroatoms. The van der Waals surface area contributed by atoms with E-state index in [1.54, 1.807) is 0 Å². The maximum Gasteiger partial charge on any atom is 0.164 e. The number of benzene rings is 7. The highest BCUT2D eigenvalue weighted by molar-refractivity contribution is 6.11. The normalized spacial score (nSPS) is 11.4. The van der Waals surface area contributed by atoms with Gasteiger partial charge in [0, 0.05) is 27.5 Å². The molecule has 0 aliphatic rings. The van der Waals surface area contributed by atoms with Crippen molar-refractivity contribution in [2.45, 2.75) is 0 Å². The van der Waals surface area contributed by atoms with E-state index in [1.807, 2.05) is 66.7 Å². The van der Waals surface area contributed by atoms with Crippen LogP contribution in [0.25, 0.3) is 89.1 Å². The van der Waals surface area contributed by atoms with E-state index in [-0.39, 0.29) is 0 Å². The monoisotopic (exact) mass is 601 g/mol. The van der Waals surface area contributed by atoms with Crippen LogP contribution < -0.4 is 0 Å². The molecule has 0 bridgehead atoms. The molecule has 9 rings (SSSR count). The molecule has 0 aliphatic heterocycles. The van der Waals surface area contributed by atoms with Gasteiger partial charge in [-0.2, -0.15) is 0 Å². The molecule has 0 radical (unpaired) electrons. The van der Waals surface area contributed by atoms with Gasteiger partial charge in [0.25, 0.3) is 0 Å². The van der Waals surface area contributed by atoms with Gasteiger partial charge < -0.3 is 4.42 Å². The van der Waals surface area contributed by atoms with Gasteiger partial charge >= 0.3 is 0 Å². The van der Waals surface area contributed by atoms with Crippen molar-refractivity contribution in [3.05, 3.63) is 164 Å². The lowest BCUT2D eigenvalue weighted by Gasteiger charge is -2.12. The second-order valence-electron chi connectivity index (χ2n) is 11.6. The van der Waals surface area contributed by atoms with Gasteiger partial charge in [-0.05, 0) is 51.2 Å². The zero-order valence-corrected chi connectivity index (χ0v) is 25.3. The number of furan rings is 1. The Morgan fingerprint density at radius 1 is 0.340 bits per heavy atom. The zero-order chi connectivity index (χ0) is 31.2. The minimum Gasteiger partial charge on any atom is -0.456 e. The van der Waals surface area contributed by atoms with Crippen molar-refractivity contribution in [1.29, 1.82) is 0 Å². The van der Waals surface area contributed by atoms with E-state index < -0.39 is 0 Å². The van der Waals surface area contributed by atoms with Crippen molar-refractivity contribution >= 4 is 32.7 Å². The number of nitrogens with zero attached hydrogens (tertiary/aromatic N) is 3. The van der Waals surface area contributed by atoms with E-state index in [1.165, 1.54) is 11.1 Å². The Balaban J connectivity index is 1.22. The van der Waals surface area contributed by atoms with Gasteiger partial charge in [0.2, 0.25) is 0 Å². The summed E-state index contributed by atoms with van der Waals surface area (Å²) >= 11 is 0. The summed E-state index contributed by atoms with van der Waals surface area (Å²) in [6, 6.07) is 56.4. The third-order valence-corrected chi connectivity index (χ3v) is 8.76. The third-order valence-electron chi connectivity index (χ3n) is 8.76. The van der Waals surface area contributed by atoms with E-state index in [0.717, 1.165) is 60.5 Å². The van der Waals surface area contributed by atoms with E-state index >= 15 is 0 Å². The molecule has 220 valence electrons. The molecule has 2 aromatic heterocycles. The Hall–Kier alpha value is -6.39. The molecule has 0 saturated carbocycles. The van der Waals surface area contributed by atoms with Crippen LogP contribution in [0.5, 0.6) is 0 Å². The summed E-state index contributed by atoms with van der Waals surface area (Å²) in [6.07, 6.45) is 0. The maximum atomic E-state index is 6.22. The van der Waals surface area contributed by atoms with Crippen LogP contribution in [0.1, 0.15) is 0 Å². The zero-order valence-electron chi connectivity index (χ0n) is 25.3. The van der Waals surface area contributed by atoms with Gasteiger partial charge in [-0.1, -0.05) is 146 Å². The lowest BCUT2D eigenvalue weighted by atomic mass is 9.96. The molecule has 0 amide bonds. The van der Waals surface area contributed by atoms with E-state index in [9.17, 15) is 0 Å². The molecular formula is C43H27N3O. The molecular weight excluding hydrogens is 574 g/mol. The molecule has 2 heterocycles. The van der Waals surface area contributed by atoms with Crippen molar-refractivity contribution in [2.75, 3.05) is 0 Å². The van der Waals surface area contributed by atoms with Crippen LogP contribution in [-0.4, -0.2) is 15.0 Å². The van der Waals surface area contributed by atoms with Crippen molar-refractivity contribution < 1.29 is 4.42 Å². The standard InChI is InChI=1S/C43H27N3O/c1-3-11-28(12-4-1)29-21-23-30(24-22-29)33-26-25-31-15-9-17-34(37(31)27-33)42-44-41(32-13-5-2-6-14-32)45-43(46-42)36-18-10-20-39-40(36)35-16-7-8-19-38(35)47-39/h1-27H. The molecule has 0 spiro atoms. The molecule has 0 N–H and O–H groups in total. The van der Waals surface area contributed by atoms with Crippen molar-refractivity contribution in [3.63, 3.8) is 0 Å². The lowest BCUT2D eigenvalue weighted by Crippen LogP contribution is -2.00. The predicted molar refractivity (Wildman–Crippen MR) is 192 cm³/mol. The van der Waals surface area contributed by atoms with E-state index in [2.05, 4.69) is 97.1 Å². The Kier molecular flexibility index (Phi) is 6.43. The molecule has 4 nitrogen and oxygen atoms in total. The first-order valence-corrected chi connectivity index (χ1v) is 15.7. The largest absolute Gasteiger partial charge is 0.456 e. The van der Waals surface area contributed by atoms with Crippen LogP contribution in [0.4, 0.5) is 0 Å². The van der Waals surface area contributed by atoms with Crippen LogP contribution in [0, 0.1) is 0 Å². The van der Waals surface area contributed by atoms with Crippen LogP contribution in [0.15, 0.2) is 168 Å². The Morgan fingerprint density at radius 2 is 0.894 bits per heavy atom. The van der Waals surface area contributed by atoms with Gasteiger partial charge in [0.15, 0.2) is 17.5 Å². The van der Waals surface area contributed by atoms with Crippen LogP contribution in [-0.2, 0) is 0 Å². The second kappa shape index (κ2) is 11.2. The summed E-state index contributed by atoms with van der Waals surface area (Å²) < 4.78 is 6.22. The fourth-order valence-electron chi connectivity index (χ4n) is 6.43. The average Bonchev–Trinajstić information content (AvgIpc) is 3.54. The first-order chi connectivity index (χ1) is 23.3. The van der Waals surface area contributed by atoms with Gasteiger partial charge in [-0.3, -0.25) is 0 Å². The van der Waals surface area contributed by atoms with Crippen LogP contribution in [0.3, 0.4) is 0 Å². The quantitative estimate of drug-likeness (QED) is 0.197. The number of para-hydroxylation sites is 1. The molecule has 9 aromatic rings. The van der Waals surface area contributed by atoms with Crippen LogP contribution >= 0.6 is 0 Å². The van der Waals surface area contributed by atoms with Gasteiger partial charge in [0.05, 0.1) is 0 Å². The summed E-state index contributed by atoms with van der Waals surface area (Å²) in [5.74, 6) is 1.86. The molecule has 7 aromatic carbocycles. The molecule has 0 atom stereocenters. The molecule has 47 heavy (non-hydrogen) atoms. The molecule has 0 aliphatic carbocycles. The van der Waals surface area contributed by atoms with E-state index in [4.69, 9.17) is 19.4 Å². The molecule has 0 unspecified atom stereocenters.